The van der Waals surface area contributed by atoms with Crippen LogP contribution in [0.1, 0.15) is 65.3 Å². The fraction of sp³-hybridized carbons (Fsp3) is 0.800. The summed E-state index contributed by atoms with van der Waals surface area (Å²) >= 11 is 0. The van der Waals surface area contributed by atoms with Crippen LogP contribution in [0.3, 0.4) is 0 Å². The van der Waals surface area contributed by atoms with Crippen molar-refractivity contribution in [1.29, 1.82) is 0 Å². The predicted octanol–water partition coefficient (Wildman–Crippen LogP) is 4.30. The maximum atomic E-state index is 12.8. The minimum Gasteiger partial charge on any atom is -0.378 e. The molecule has 3 atom stereocenters. The molecule has 3 unspecified atom stereocenters. The molecule has 3 heterocycles. The van der Waals surface area contributed by atoms with Gasteiger partial charge in [-0.3, -0.25) is 5.32 Å². The second-order valence-corrected chi connectivity index (χ2v) is 8.32. The van der Waals surface area contributed by atoms with Crippen LogP contribution in [0.2, 0.25) is 0 Å². The van der Waals surface area contributed by atoms with Crippen LogP contribution in [-0.4, -0.2) is 46.5 Å². The van der Waals surface area contributed by atoms with Gasteiger partial charge in [-0.15, -0.1) is 0 Å². The van der Waals surface area contributed by atoms with Gasteiger partial charge in [-0.2, -0.15) is 5.10 Å². The maximum absolute atomic E-state index is 12.8. The van der Waals surface area contributed by atoms with E-state index in [9.17, 15) is 4.79 Å². The first-order valence-electron chi connectivity index (χ1n) is 10.3. The molecule has 2 fully saturated rings. The lowest BCUT2D eigenvalue weighted by Gasteiger charge is -2.38. The Bertz CT molecular complexity index is 580. The number of rotatable bonds is 5. The molecule has 2 aliphatic rings. The van der Waals surface area contributed by atoms with Crippen molar-refractivity contribution in [3.63, 3.8) is 0 Å². The Morgan fingerprint density at radius 2 is 2.15 bits per heavy atom. The van der Waals surface area contributed by atoms with E-state index in [0.717, 1.165) is 51.2 Å². The topological polar surface area (TPSA) is 59.4 Å². The van der Waals surface area contributed by atoms with Crippen LogP contribution in [0.15, 0.2) is 12.3 Å². The summed E-state index contributed by atoms with van der Waals surface area (Å²) in [6, 6.07) is 2.15. The van der Waals surface area contributed by atoms with Crippen molar-refractivity contribution in [2.45, 2.75) is 71.4 Å². The monoisotopic (exact) mass is 362 g/mol. The van der Waals surface area contributed by atoms with Crippen molar-refractivity contribution in [1.82, 2.24) is 14.7 Å². The Kier molecular flexibility index (Phi) is 6.57. The van der Waals surface area contributed by atoms with Crippen LogP contribution < -0.4 is 5.32 Å². The smallest absolute Gasteiger partial charge is 0.323 e. The van der Waals surface area contributed by atoms with Crippen molar-refractivity contribution in [3.05, 3.63) is 12.3 Å². The van der Waals surface area contributed by atoms with Gasteiger partial charge in [-0.05, 0) is 51.4 Å². The van der Waals surface area contributed by atoms with Crippen LogP contribution in [0.25, 0.3) is 0 Å². The second kappa shape index (κ2) is 8.89. The van der Waals surface area contributed by atoms with Gasteiger partial charge in [-0.1, -0.05) is 13.8 Å². The Labute approximate surface area is 157 Å². The van der Waals surface area contributed by atoms with E-state index < -0.39 is 0 Å². The molecule has 2 amide bonds. The first-order chi connectivity index (χ1) is 12.5. The van der Waals surface area contributed by atoms with Crippen LogP contribution >= 0.6 is 0 Å². The van der Waals surface area contributed by atoms with Crippen molar-refractivity contribution < 1.29 is 9.53 Å². The maximum Gasteiger partial charge on any atom is 0.323 e. The molecule has 0 aromatic carbocycles. The van der Waals surface area contributed by atoms with Crippen LogP contribution in [-0.2, 0) is 4.74 Å². The fourth-order valence-corrected chi connectivity index (χ4v) is 4.37. The summed E-state index contributed by atoms with van der Waals surface area (Å²) < 4.78 is 7.90. The molecule has 6 heteroatoms. The number of amides is 2. The number of urea groups is 1. The molecular formula is C20H34N4O2. The molecule has 3 rings (SSSR count). The molecule has 1 N–H and O–H groups in total. The number of carbonyl (C=O) groups excluding carboxylic acids is 1. The molecule has 146 valence electrons. The van der Waals surface area contributed by atoms with Crippen molar-refractivity contribution in [3.8, 4) is 0 Å². The van der Waals surface area contributed by atoms with E-state index in [0.29, 0.717) is 17.9 Å². The summed E-state index contributed by atoms with van der Waals surface area (Å²) in [5, 5.41) is 7.50. The summed E-state index contributed by atoms with van der Waals surface area (Å²) in [6.07, 6.45) is 8.91. The van der Waals surface area contributed by atoms with Gasteiger partial charge in [0.2, 0.25) is 0 Å². The molecule has 0 radical (unpaired) electrons. The minimum absolute atomic E-state index is 0.0102. The zero-order chi connectivity index (χ0) is 18.5. The summed E-state index contributed by atoms with van der Waals surface area (Å²) in [7, 11) is 0. The molecule has 6 nitrogen and oxygen atoms in total. The van der Waals surface area contributed by atoms with Gasteiger partial charge < -0.3 is 9.64 Å². The van der Waals surface area contributed by atoms with Gasteiger partial charge in [0.25, 0.3) is 0 Å². The quantitative estimate of drug-likeness (QED) is 0.849. The number of piperidine rings is 1. The van der Waals surface area contributed by atoms with E-state index in [4.69, 9.17) is 4.74 Å². The Balaban J connectivity index is 1.58. The van der Waals surface area contributed by atoms with Gasteiger partial charge in [-0.25, -0.2) is 9.48 Å². The van der Waals surface area contributed by atoms with E-state index in [1.165, 1.54) is 12.8 Å². The van der Waals surface area contributed by atoms with Crippen LogP contribution in [0, 0.1) is 11.8 Å². The molecule has 2 saturated heterocycles. The lowest BCUT2D eigenvalue weighted by molar-refractivity contribution is -0.0361. The number of hydrogen-bond acceptors (Lipinski definition) is 3. The van der Waals surface area contributed by atoms with Crippen molar-refractivity contribution in [2.24, 2.45) is 11.8 Å². The predicted molar refractivity (Wildman–Crippen MR) is 103 cm³/mol. The van der Waals surface area contributed by atoms with Crippen molar-refractivity contribution in [2.75, 3.05) is 25.0 Å². The fourth-order valence-electron chi connectivity index (χ4n) is 4.37. The zero-order valence-electron chi connectivity index (χ0n) is 16.5. The molecule has 0 spiro atoms. The molecule has 1 aromatic rings. The summed E-state index contributed by atoms with van der Waals surface area (Å²) in [5.41, 5.74) is 0. The van der Waals surface area contributed by atoms with Crippen LogP contribution in [0.5, 0.6) is 0 Å². The molecule has 0 bridgehead atoms. The van der Waals surface area contributed by atoms with Gasteiger partial charge in [0, 0.05) is 31.7 Å². The highest BCUT2D eigenvalue weighted by molar-refractivity contribution is 5.88. The van der Waals surface area contributed by atoms with E-state index in [2.05, 4.69) is 31.2 Å². The molecule has 1 aromatic heterocycles. The minimum atomic E-state index is -0.0102. The van der Waals surface area contributed by atoms with Gasteiger partial charge in [0.05, 0.1) is 18.3 Å². The Hall–Kier alpha value is -1.56. The number of aromatic nitrogens is 2. The number of anilines is 1. The van der Waals surface area contributed by atoms with Gasteiger partial charge in [0.1, 0.15) is 5.82 Å². The first kappa shape index (κ1) is 19.2. The van der Waals surface area contributed by atoms with E-state index in [-0.39, 0.29) is 12.1 Å². The Morgan fingerprint density at radius 3 is 2.88 bits per heavy atom. The third-order valence-corrected chi connectivity index (χ3v) is 5.62. The number of carbonyl (C=O) groups is 1. The van der Waals surface area contributed by atoms with Crippen LogP contribution in [0.4, 0.5) is 10.6 Å². The molecule has 26 heavy (non-hydrogen) atoms. The number of ether oxygens (including phenoxy) is 1. The standard InChI is InChI=1S/C20H34N4O2/c1-15(2)13-16(3)24-19(9-10-21-24)22-20(25)23-11-6-7-17(14-23)18-8-4-5-12-26-18/h9-10,15-18H,4-8,11-14H2,1-3H3,(H,22,25). The van der Waals surface area contributed by atoms with Gasteiger partial charge >= 0.3 is 6.03 Å². The molecular weight excluding hydrogens is 328 g/mol. The van der Waals surface area contributed by atoms with E-state index in [1.807, 2.05) is 15.6 Å². The number of likely N-dealkylation sites (tertiary alicyclic amines) is 1. The number of nitrogens with zero attached hydrogens (tertiary/aromatic N) is 3. The number of hydrogen-bond donors (Lipinski definition) is 1. The lowest BCUT2D eigenvalue weighted by atomic mass is 9.88. The average molecular weight is 363 g/mol. The highest BCUT2D eigenvalue weighted by atomic mass is 16.5. The third-order valence-electron chi connectivity index (χ3n) is 5.62. The molecule has 2 aliphatic heterocycles. The molecule has 0 saturated carbocycles. The largest absolute Gasteiger partial charge is 0.378 e. The lowest BCUT2D eigenvalue weighted by Crippen LogP contribution is -2.46. The summed E-state index contributed by atoms with van der Waals surface area (Å²) in [4.78, 5) is 14.8. The SMILES string of the molecule is CC(C)CC(C)n1nccc1NC(=O)N1CCCC(C2CCCCO2)C1. The first-order valence-corrected chi connectivity index (χ1v) is 10.3. The van der Waals surface area contributed by atoms with E-state index >= 15 is 0 Å². The van der Waals surface area contributed by atoms with E-state index in [1.54, 1.807) is 6.20 Å². The average Bonchev–Trinajstić information content (AvgIpc) is 3.10. The zero-order valence-corrected chi connectivity index (χ0v) is 16.5. The number of nitrogens with one attached hydrogen (secondary N) is 1. The normalized spacial score (nSPS) is 25.3. The van der Waals surface area contributed by atoms with Gasteiger partial charge in [0.15, 0.2) is 0 Å². The highest BCUT2D eigenvalue weighted by Crippen LogP contribution is 2.28. The Morgan fingerprint density at radius 1 is 1.31 bits per heavy atom. The summed E-state index contributed by atoms with van der Waals surface area (Å²) in [6.45, 7) is 9.07. The van der Waals surface area contributed by atoms with Crippen molar-refractivity contribution >= 4 is 11.8 Å². The molecule has 0 aliphatic carbocycles. The third kappa shape index (κ3) is 4.78. The summed E-state index contributed by atoms with van der Waals surface area (Å²) in [5.74, 6) is 1.86. The highest BCUT2D eigenvalue weighted by Gasteiger charge is 2.31. The second-order valence-electron chi connectivity index (χ2n) is 8.32.